The zero-order valence-corrected chi connectivity index (χ0v) is 15.6. The Morgan fingerprint density at radius 1 is 1.08 bits per heavy atom. The van der Waals surface area contributed by atoms with Crippen molar-refractivity contribution in [3.63, 3.8) is 0 Å². The summed E-state index contributed by atoms with van der Waals surface area (Å²) >= 11 is 0. The second kappa shape index (κ2) is 8.01. The fourth-order valence-corrected chi connectivity index (χ4v) is 3.51. The van der Waals surface area contributed by atoms with E-state index in [0.717, 1.165) is 12.0 Å². The summed E-state index contributed by atoms with van der Waals surface area (Å²) < 4.78 is 0. The molecule has 2 aromatic carbocycles. The maximum Gasteiger partial charge on any atom is 0.00201 e. The smallest absolute Gasteiger partial charge is 0.00201 e. The Morgan fingerprint density at radius 3 is 2.33 bits per heavy atom. The van der Waals surface area contributed by atoms with E-state index in [-0.39, 0.29) is 0 Å². The molecule has 0 saturated heterocycles. The van der Waals surface area contributed by atoms with Gasteiger partial charge in [-0.2, -0.15) is 0 Å². The van der Waals surface area contributed by atoms with Gasteiger partial charge in [0.25, 0.3) is 0 Å². The molecule has 0 heterocycles. The first kappa shape index (κ1) is 18.1. The minimum Gasteiger partial charge on any atom is -0.404 e. The van der Waals surface area contributed by atoms with Crippen LogP contribution >= 0.6 is 0 Å². The molecule has 2 rings (SSSR count). The van der Waals surface area contributed by atoms with Gasteiger partial charge in [0, 0.05) is 6.20 Å². The SMILES string of the molecule is CC(=C/Cc1cc(C)cc(C)c1C(C)C)/C(=C\N)c1ccccc1. The van der Waals surface area contributed by atoms with Gasteiger partial charge in [0.15, 0.2) is 0 Å². The number of allylic oxidation sites excluding steroid dienone is 3. The lowest BCUT2D eigenvalue weighted by atomic mass is 9.88. The molecule has 0 unspecified atom stereocenters. The molecule has 126 valence electrons. The summed E-state index contributed by atoms with van der Waals surface area (Å²) in [5, 5.41) is 0. The number of aryl methyl sites for hydroxylation is 2. The Labute approximate surface area is 146 Å². The van der Waals surface area contributed by atoms with Crippen molar-refractivity contribution < 1.29 is 0 Å². The van der Waals surface area contributed by atoms with Crippen LogP contribution in [-0.4, -0.2) is 0 Å². The quantitative estimate of drug-likeness (QED) is 0.681. The lowest BCUT2D eigenvalue weighted by Crippen LogP contribution is -2.01. The maximum atomic E-state index is 5.90. The summed E-state index contributed by atoms with van der Waals surface area (Å²) in [6.07, 6.45) is 4.95. The third-order valence-electron chi connectivity index (χ3n) is 4.50. The Kier molecular flexibility index (Phi) is 6.03. The van der Waals surface area contributed by atoms with Crippen LogP contribution < -0.4 is 5.73 Å². The van der Waals surface area contributed by atoms with Crippen LogP contribution in [0, 0.1) is 13.8 Å². The van der Waals surface area contributed by atoms with E-state index in [2.05, 4.69) is 65.0 Å². The molecule has 24 heavy (non-hydrogen) atoms. The fraction of sp³-hybridized carbons (Fsp3) is 0.304. The first-order chi connectivity index (χ1) is 11.4. The van der Waals surface area contributed by atoms with Crippen LogP contribution in [0.5, 0.6) is 0 Å². The highest BCUT2D eigenvalue weighted by atomic mass is 14.5. The lowest BCUT2D eigenvalue weighted by Gasteiger charge is -2.17. The van der Waals surface area contributed by atoms with E-state index in [9.17, 15) is 0 Å². The predicted molar refractivity (Wildman–Crippen MR) is 106 cm³/mol. The lowest BCUT2D eigenvalue weighted by molar-refractivity contribution is 0.838. The van der Waals surface area contributed by atoms with Gasteiger partial charge < -0.3 is 5.73 Å². The van der Waals surface area contributed by atoms with E-state index in [1.165, 1.54) is 33.4 Å². The zero-order chi connectivity index (χ0) is 17.7. The highest BCUT2D eigenvalue weighted by molar-refractivity contribution is 5.78. The van der Waals surface area contributed by atoms with Crippen LogP contribution in [0.25, 0.3) is 5.57 Å². The molecule has 1 heteroatoms. The zero-order valence-electron chi connectivity index (χ0n) is 15.6. The molecule has 0 fully saturated rings. The van der Waals surface area contributed by atoms with E-state index in [1.807, 2.05) is 18.2 Å². The average Bonchev–Trinajstić information content (AvgIpc) is 2.53. The Morgan fingerprint density at radius 2 is 1.75 bits per heavy atom. The van der Waals surface area contributed by atoms with Crippen molar-refractivity contribution in [3.05, 3.63) is 88.1 Å². The fourth-order valence-electron chi connectivity index (χ4n) is 3.51. The molecule has 0 atom stereocenters. The summed E-state index contributed by atoms with van der Waals surface area (Å²) in [5.41, 5.74) is 15.0. The minimum atomic E-state index is 0.535. The predicted octanol–water partition coefficient (Wildman–Crippen LogP) is 5.92. The molecular formula is C23H29N. The van der Waals surface area contributed by atoms with Crippen molar-refractivity contribution in [2.45, 2.75) is 47.0 Å². The van der Waals surface area contributed by atoms with Crippen molar-refractivity contribution in [1.82, 2.24) is 0 Å². The number of nitrogens with two attached hydrogens (primary N) is 1. The van der Waals surface area contributed by atoms with Crippen molar-refractivity contribution >= 4 is 5.57 Å². The molecule has 0 radical (unpaired) electrons. The standard InChI is InChI=1S/C23H29N/c1-16(2)23-19(5)13-17(3)14-21(23)12-11-18(4)22(15-24)20-9-7-6-8-10-20/h6-11,13-16H,12,24H2,1-5H3/b18-11-,22-15+. The average molecular weight is 319 g/mol. The molecule has 0 bridgehead atoms. The molecule has 0 amide bonds. The highest BCUT2D eigenvalue weighted by Gasteiger charge is 2.10. The number of hydrogen-bond acceptors (Lipinski definition) is 1. The van der Waals surface area contributed by atoms with Gasteiger partial charge in [0.2, 0.25) is 0 Å². The molecule has 0 aliphatic rings. The van der Waals surface area contributed by atoms with Crippen molar-refractivity contribution in [2.24, 2.45) is 5.73 Å². The third kappa shape index (κ3) is 4.17. The van der Waals surface area contributed by atoms with Crippen LogP contribution in [0.2, 0.25) is 0 Å². The van der Waals surface area contributed by atoms with Crippen LogP contribution in [-0.2, 0) is 6.42 Å². The van der Waals surface area contributed by atoms with Gasteiger partial charge >= 0.3 is 0 Å². The molecule has 2 N–H and O–H groups in total. The van der Waals surface area contributed by atoms with Gasteiger partial charge in [-0.25, -0.2) is 0 Å². The molecule has 2 aromatic rings. The molecule has 0 saturated carbocycles. The van der Waals surface area contributed by atoms with E-state index < -0.39 is 0 Å². The van der Waals surface area contributed by atoms with Gasteiger partial charge in [0.05, 0.1) is 0 Å². The van der Waals surface area contributed by atoms with E-state index >= 15 is 0 Å². The number of hydrogen-bond donors (Lipinski definition) is 1. The van der Waals surface area contributed by atoms with Gasteiger partial charge in [-0.05, 0) is 66.5 Å². The molecule has 0 spiro atoms. The van der Waals surface area contributed by atoms with E-state index in [4.69, 9.17) is 5.73 Å². The minimum absolute atomic E-state index is 0.535. The number of rotatable bonds is 5. The van der Waals surface area contributed by atoms with Gasteiger partial charge in [0.1, 0.15) is 0 Å². The topological polar surface area (TPSA) is 26.0 Å². The first-order valence-electron chi connectivity index (χ1n) is 8.68. The third-order valence-corrected chi connectivity index (χ3v) is 4.50. The van der Waals surface area contributed by atoms with E-state index in [1.54, 1.807) is 6.20 Å². The first-order valence-corrected chi connectivity index (χ1v) is 8.68. The summed E-state index contributed by atoms with van der Waals surface area (Å²) in [5.74, 6) is 0.535. The van der Waals surface area contributed by atoms with Gasteiger partial charge in [-0.1, -0.05) is 68.0 Å². The van der Waals surface area contributed by atoms with Crippen LogP contribution in [0.3, 0.4) is 0 Å². The largest absolute Gasteiger partial charge is 0.404 e. The molecular weight excluding hydrogens is 290 g/mol. The maximum absolute atomic E-state index is 5.90. The van der Waals surface area contributed by atoms with Crippen LogP contribution in [0.15, 0.2) is 60.3 Å². The second-order valence-electron chi connectivity index (χ2n) is 6.85. The summed E-state index contributed by atoms with van der Waals surface area (Å²) in [4.78, 5) is 0. The summed E-state index contributed by atoms with van der Waals surface area (Å²) in [7, 11) is 0. The van der Waals surface area contributed by atoms with Crippen molar-refractivity contribution in [3.8, 4) is 0 Å². The van der Waals surface area contributed by atoms with Crippen molar-refractivity contribution in [2.75, 3.05) is 0 Å². The Balaban J connectivity index is 2.33. The van der Waals surface area contributed by atoms with Crippen LogP contribution in [0.4, 0.5) is 0 Å². The molecule has 0 aliphatic carbocycles. The molecule has 0 aromatic heterocycles. The Hall–Kier alpha value is -2.28. The van der Waals surface area contributed by atoms with Gasteiger partial charge in [-0.3, -0.25) is 0 Å². The second-order valence-corrected chi connectivity index (χ2v) is 6.85. The molecule has 1 nitrogen and oxygen atoms in total. The highest BCUT2D eigenvalue weighted by Crippen LogP contribution is 2.27. The van der Waals surface area contributed by atoms with Crippen molar-refractivity contribution in [1.29, 1.82) is 0 Å². The summed E-state index contributed by atoms with van der Waals surface area (Å²) in [6.45, 7) is 11.1. The van der Waals surface area contributed by atoms with E-state index in [0.29, 0.717) is 5.92 Å². The monoisotopic (exact) mass is 319 g/mol. The normalized spacial score (nSPS) is 12.8. The summed E-state index contributed by atoms with van der Waals surface area (Å²) in [6, 6.07) is 14.9. The molecule has 0 aliphatic heterocycles. The van der Waals surface area contributed by atoms with Crippen LogP contribution in [0.1, 0.15) is 54.5 Å². The number of benzene rings is 2. The van der Waals surface area contributed by atoms with Gasteiger partial charge in [-0.15, -0.1) is 0 Å². The Bertz CT molecular complexity index is 749.